The minimum Gasteiger partial charge on any atom is -0.381 e. The molecule has 0 bridgehead atoms. The van der Waals surface area contributed by atoms with Crippen molar-refractivity contribution in [3.63, 3.8) is 0 Å². The summed E-state index contributed by atoms with van der Waals surface area (Å²) in [6.07, 6.45) is 7.26. The van der Waals surface area contributed by atoms with Gasteiger partial charge in [0.15, 0.2) is 0 Å². The number of likely N-dealkylation sites (tertiary alicyclic amines) is 2. The van der Waals surface area contributed by atoms with Crippen LogP contribution in [0.25, 0.3) is 20.9 Å². The van der Waals surface area contributed by atoms with Crippen molar-refractivity contribution in [1.82, 2.24) is 41.0 Å². The fourth-order valence-electron chi connectivity index (χ4n) is 9.72. The maximum atomic E-state index is 13.9. The van der Waals surface area contributed by atoms with E-state index < -0.39 is 35.0 Å². The highest BCUT2D eigenvalue weighted by atomic mass is 32.1. The number of nitrogens with zero attached hydrogens (tertiary/aromatic N) is 4. The van der Waals surface area contributed by atoms with Gasteiger partial charge in [0.05, 0.1) is 32.2 Å². The van der Waals surface area contributed by atoms with Gasteiger partial charge in [-0.3, -0.25) is 28.8 Å². The molecule has 0 radical (unpaired) electrons. The fraction of sp³-hybridized carbons (Fsp3) is 0.600. The van der Waals surface area contributed by atoms with Crippen molar-refractivity contribution in [1.29, 1.82) is 0 Å². The van der Waals surface area contributed by atoms with Gasteiger partial charge in [-0.15, -0.1) is 22.7 Å². The van der Waals surface area contributed by atoms with E-state index in [0.29, 0.717) is 91.5 Å². The van der Waals surface area contributed by atoms with Crippen molar-refractivity contribution >= 4 is 58.1 Å². The first kappa shape index (κ1) is 63.5. The van der Waals surface area contributed by atoms with Crippen LogP contribution in [0.4, 0.5) is 0 Å². The number of carbonyl (C=O) groups is 6. The molecule has 1 unspecified atom stereocenters. The monoisotopic (exact) mass is 1140 g/mol. The van der Waals surface area contributed by atoms with Gasteiger partial charge in [0, 0.05) is 65.8 Å². The Hall–Kier alpha value is -5.64. The number of aryl methyl sites for hydroxylation is 2. The number of thiazole rings is 2. The average Bonchev–Trinajstić information content (AvgIpc) is 4.34. The number of hydrogen-bond donors (Lipinski definition) is 4. The second kappa shape index (κ2) is 31.5. The molecule has 0 spiro atoms. The molecule has 4 atom stereocenters. The molecular weight excluding hydrogens is 1060 g/mol. The van der Waals surface area contributed by atoms with E-state index >= 15 is 0 Å². The van der Waals surface area contributed by atoms with Gasteiger partial charge in [-0.2, -0.15) is 0 Å². The summed E-state index contributed by atoms with van der Waals surface area (Å²) < 4.78 is 22.9. The van der Waals surface area contributed by atoms with Crippen LogP contribution < -0.4 is 21.3 Å². The predicted molar refractivity (Wildman–Crippen MR) is 311 cm³/mol. The zero-order chi connectivity index (χ0) is 57.7. The summed E-state index contributed by atoms with van der Waals surface area (Å²) in [6.45, 7) is 19.8. The molecular formula is C60H86N8O10S2. The largest absolute Gasteiger partial charge is 0.381 e. The molecule has 2 aromatic heterocycles. The van der Waals surface area contributed by atoms with E-state index in [1.54, 1.807) is 32.5 Å². The Bertz CT molecular complexity index is 2430. The van der Waals surface area contributed by atoms with E-state index in [1.165, 1.54) is 0 Å². The lowest BCUT2D eigenvalue weighted by atomic mass is 9.85. The van der Waals surface area contributed by atoms with Crippen LogP contribution in [0.15, 0.2) is 59.6 Å². The average molecular weight is 1140 g/mol. The van der Waals surface area contributed by atoms with Crippen LogP contribution in [-0.4, -0.2) is 145 Å². The Balaban J connectivity index is 0.750. The van der Waals surface area contributed by atoms with E-state index in [2.05, 4.69) is 31.2 Å². The molecule has 6 rings (SSSR count). The summed E-state index contributed by atoms with van der Waals surface area (Å²) in [5.74, 6) is -1.70. The Labute approximate surface area is 481 Å². The number of hydrogen-bond acceptors (Lipinski definition) is 14. The maximum Gasteiger partial charge on any atom is 0.246 e. The number of aromatic nitrogens is 2. The normalized spacial score (nSPS) is 16.4. The summed E-state index contributed by atoms with van der Waals surface area (Å²) in [6, 6.07) is 13.2. The molecule has 438 valence electrons. The minimum absolute atomic E-state index is 0.171. The summed E-state index contributed by atoms with van der Waals surface area (Å²) in [4.78, 5) is 94.8. The SMILES string of the molecule is Cc1ncsc1-c1ccc(CNC(=O)[C@@H]2CCCN2C(=O)C(NC(=O)COCCCCOCCCCOCCCCOCC(=O)N[C@H](C(=O)N2CCC[C@H]2C(=O)NCc2ccc(-c3scnc3C)cc2)C(C)(C)C)C(C)(C)C)cc1. The molecule has 2 aromatic carbocycles. The highest BCUT2D eigenvalue weighted by Crippen LogP contribution is 2.31. The molecule has 4 heterocycles. The molecule has 20 heteroatoms. The van der Waals surface area contributed by atoms with E-state index in [-0.39, 0.29) is 48.7 Å². The van der Waals surface area contributed by atoms with Gasteiger partial charge >= 0.3 is 0 Å². The fourth-order valence-corrected chi connectivity index (χ4v) is 11.3. The summed E-state index contributed by atoms with van der Waals surface area (Å²) >= 11 is 3.19. The summed E-state index contributed by atoms with van der Waals surface area (Å²) in [7, 11) is 0. The van der Waals surface area contributed by atoms with E-state index in [9.17, 15) is 28.8 Å². The molecule has 4 N–H and O–H groups in total. The number of unbranched alkanes of at least 4 members (excludes halogenated alkanes) is 3. The number of benzene rings is 2. The molecule has 2 aliphatic heterocycles. The number of amides is 6. The van der Waals surface area contributed by atoms with E-state index in [4.69, 9.17) is 18.9 Å². The van der Waals surface area contributed by atoms with Crippen LogP contribution in [0, 0.1) is 24.7 Å². The van der Waals surface area contributed by atoms with Crippen molar-refractivity contribution < 1.29 is 47.7 Å². The maximum absolute atomic E-state index is 13.9. The molecule has 2 fully saturated rings. The first-order valence-corrected chi connectivity index (χ1v) is 30.1. The third kappa shape index (κ3) is 19.5. The first-order chi connectivity index (χ1) is 38.3. The lowest BCUT2D eigenvalue weighted by molar-refractivity contribution is -0.144. The van der Waals surface area contributed by atoms with Gasteiger partial charge in [0.2, 0.25) is 35.4 Å². The molecule has 18 nitrogen and oxygen atoms in total. The number of carbonyl (C=O) groups excluding carboxylic acids is 6. The van der Waals surface area contributed by atoms with Crippen molar-refractivity contribution in [3.05, 3.63) is 82.1 Å². The van der Waals surface area contributed by atoms with Gasteiger partial charge in [0.1, 0.15) is 37.4 Å². The van der Waals surface area contributed by atoms with Crippen LogP contribution in [0.5, 0.6) is 0 Å². The number of ether oxygens (including phenoxy) is 4. The lowest BCUT2D eigenvalue weighted by Gasteiger charge is -2.35. The van der Waals surface area contributed by atoms with Gasteiger partial charge in [-0.1, -0.05) is 90.1 Å². The van der Waals surface area contributed by atoms with Crippen molar-refractivity contribution in [2.75, 3.05) is 65.9 Å². The molecule has 0 saturated carbocycles. The topological polar surface area (TPSA) is 220 Å². The van der Waals surface area contributed by atoms with Crippen LogP contribution >= 0.6 is 22.7 Å². The summed E-state index contributed by atoms with van der Waals surface area (Å²) in [5.41, 5.74) is 8.53. The molecule has 6 amide bonds. The molecule has 0 aliphatic carbocycles. The van der Waals surface area contributed by atoms with Crippen LogP contribution in [0.2, 0.25) is 0 Å². The highest BCUT2D eigenvalue weighted by molar-refractivity contribution is 7.13. The number of rotatable bonds is 31. The second-order valence-corrected chi connectivity index (χ2v) is 24.6. The minimum atomic E-state index is -0.824. The zero-order valence-corrected chi connectivity index (χ0v) is 50.0. The smallest absolute Gasteiger partial charge is 0.246 e. The Morgan fingerprint density at radius 3 is 1.19 bits per heavy atom. The first-order valence-electron chi connectivity index (χ1n) is 28.4. The van der Waals surface area contributed by atoms with Crippen LogP contribution in [0.1, 0.15) is 128 Å². The molecule has 4 aromatic rings. The third-order valence-electron chi connectivity index (χ3n) is 14.3. The lowest BCUT2D eigenvalue weighted by Crippen LogP contribution is -2.58. The molecule has 80 heavy (non-hydrogen) atoms. The van der Waals surface area contributed by atoms with Gasteiger partial charge in [0.25, 0.3) is 0 Å². The Kier molecular flexibility index (Phi) is 25.0. The van der Waals surface area contributed by atoms with E-state index in [1.807, 2.05) is 115 Å². The van der Waals surface area contributed by atoms with Crippen molar-refractivity contribution in [3.8, 4) is 20.9 Å². The Morgan fingerprint density at radius 2 is 0.875 bits per heavy atom. The van der Waals surface area contributed by atoms with Crippen LogP contribution in [-0.2, 0) is 60.8 Å². The van der Waals surface area contributed by atoms with Gasteiger partial charge < -0.3 is 50.0 Å². The second-order valence-electron chi connectivity index (χ2n) is 22.9. The third-order valence-corrected chi connectivity index (χ3v) is 16.3. The quantitative estimate of drug-likeness (QED) is 0.0353. The van der Waals surface area contributed by atoms with Crippen molar-refractivity contribution in [2.24, 2.45) is 10.8 Å². The zero-order valence-electron chi connectivity index (χ0n) is 48.3. The summed E-state index contributed by atoms with van der Waals surface area (Å²) in [5, 5.41) is 11.8. The van der Waals surface area contributed by atoms with Crippen molar-refractivity contribution in [2.45, 2.75) is 157 Å². The standard InChI is InChI=1S/C60H86N8O10S2/c1-41-51(79-39-63-41)45-23-19-43(20-24-45)35-61-55(71)47-17-15-27-67(47)57(73)53(59(3,4)5)65-49(69)37-77-33-13-11-31-75-29-9-10-30-76-32-12-14-34-78-38-50(70)66-54(60(6,7)8)58(74)68-28-16-18-48(68)56(72)62-36-44-21-25-46(26-22-44)52-42(2)64-40-80-52/h19-26,39-40,47-48,53-54H,9-18,27-38H2,1-8H3,(H,61,71)(H,62,72)(H,65,69)(H,66,70)/t47-,48-,53+,54?/m0/s1. The number of nitrogens with one attached hydrogen (secondary N) is 4. The highest BCUT2D eigenvalue weighted by Gasteiger charge is 2.43. The van der Waals surface area contributed by atoms with Gasteiger partial charge in [-0.25, -0.2) is 9.97 Å². The molecule has 2 saturated heterocycles. The van der Waals surface area contributed by atoms with E-state index in [0.717, 1.165) is 81.9 Å². The van der Waals surface area contributed by atoms with Gasteiger partial charge in [-0.05, 0) is 111 Å². The van der Waals surface area contributed by atoms with Crippen LogP contribution in [0.3, 0.4) is 0 Å². The predicted octanol–water partition coefficient (Wildman–Crippen LogP) is 7.93. The Morgan fingerprint density at radius 1 is 0.537 bits per heavy atom. The molecule has 2 aliphatic rings.